The molecule has 0 aromatic carbocycles. The van der Waals surface area contributed by atoms with Gasteiger partial charge in [0.2, 0.25) is 5.91 Å². The van der Waals surface area contributed by atoms with E-state index in [0.29, 0.717) is 4.90 Å². The summed E-state index contributed by atoms with van der Waals surface area (Å²) in [6.45, 7) is -0.0718. The highest BCUT2D eigenvalue weighted by molar-refractivity contribution is 7.52. The highest BCUT2D eigenvalue weighted by Crippen LogP contribution is 2.40. The Balaban J connectivity index is 4.71. The van der Waals surface area contributed by atoms with Gasteiger partial charge in [-0.1, -0.05) is 0 Å². The van der Waals surface area contributed by atoms with Crippen LogP contribution < -0.4 is 5.73 Å². The number of hydrogen-bond donors (Lipinski definition) is 5. The first kappa shape index (κ1) is 15.7. The molecule has 0 spiro atoms. The second kappa shape index (κ2) is 5.88. The third-order valence-corrected chi connectivity index (χ3v) is 2.84. The third kappa shape index (κ3) is 7.95. The van der Waals surface area contributed by atoms with Crippen molar-refractivity contribution in [1.29, 1.82) is 0 Å². The van der Waals surface area contributed by atoms with Crippen LogP contribution in [0, 0.1) is 0 Å². The van der Waals surface area contributed by atoms with Crippen LogP contribution in [0.25, 0.3) is 0 Å². The first-order valence-corrected chi connectivity index (χ1v) is 7.71. The van der Waals surface area contributed by atoms with Crippen molar-refractivity contribution < 1.29 is 33.5 Å². The molecular formula is C5H14N2O7P2. The van der Waals surface area contributed by atoms with Gasteiger partial charge in [0.05, 0.1) is 0 Å². The minimum Gasteiger partial charge on any atom is -0.330 e. The number of rotatable bonds is 6. The zero-order chi connectivity index (χ0) is 13.0. The summed E-state index contributed by atoms with van der Waals surface area (Å²) < 4.78 is 21.3. The highest BCUT2D eigenvalue weighted by Gasteiger charge is 2.28. The maximum atomic E-state index is 11.3. The van der Waals surface area contributed by atoms with Crippen LogP contribution in [0.15, 0.2) is 0 Å². The fraction of sp³-hybridized carbons (Fsp3) is 0.800. The number of nitrogens with two attached hydrogens (primary N) is 1. The van der Waals surface area contributed by atoms with E-state index in [1.54, 1.807) is 0 Å². The Bertz CT molecular complexity index is 310. The van der Waals surface area contributed by atoms with E-state index in [2.05, 4.69) is 0 Å². The summed E-state index contributed by atoms with van der Waals surface area (Å²) in [4.78, 5) is 46.2. The molecule has 0 aromatic rings. The lowest BCUT2D eigenvalue weighted by Gasteiger charge is -2.23. The molecule has 0 rings (SSSR count). The van der Waals surface area contributed by atoms with E-state index in [-0.39, 0.29) is 13.0 Å². The van der Waals surface area contributed by atoms with Crippen LogP contribution in [0.2, 0.25) is 0 Å². The van der Waals surface area contributed by atoms with Crippen molar-refractivity contribution in [2.75, 3.05) is 19.1 Å². The van der Waals surface area contributed by atoms with Crippen LogP contribution >= 0.6 is 15.2 Å². The van der Waals surface area contributed by atoms with Crippen LogP contribution in [-0.4, -0.2) is 49.5 Å². The Morgan fingerprint density at radius 1 is 1.06 bits per heavy atom. The lowest BCUT2D eigenvalue weighted by atomic mass is 10.4. The Hall–Kier alpha value is -0.270. The van der Waals surface area contributed by atoms with E-state index in [1.165, 1.54) is 0 Å². The Morgan fingerprint density at radius 2 is 1.44 bits per heavy atom. The average molecular weight is 276 g/mol. The molecule has 0 saturated carbocycles. The molecule has 0 atom stereocenters. The molecule has 6 N–H and O–H groups in total. The largest absolute Gasteiger partial charge is 0.344 e. The smallest absolute Gasteiger partial charge is 0.330 e. The van der Waals surface area contributed by atoms with Gasteiger partial charge >= 0.3 is 15.2 Å². The first-order valence-electron chi connectivity index (χ1n) is 4.12. The average Bonchev–Trinajstić information content (AvgIpc) is 1.97. The van der Waals surface area contributed by atoms with Crippen LogP contribution in [0.4, 0.5) is 0 Å². The molecule has 0 fully saturated rings. The fourth-order valence-corrected chi connectivity index (χ4v) is 2.49. The maximum Gasteiger partial charge on any atom is 0.344 e. The molecule has 0 aliphatic carbocycles. The van der Waals surface area contributed by atoms with Crippen molar-refractivity contribution in [3.05, 3.63) is 0 Å². The second-order valence-electron chi connectivity index (χ2n) is 3.08. The van der Waals surface area contributed by atoms with E-state index in [1.807, 2.05) is 0 Å². The molecule has 1 amide bonds. The molecule has 96 valence electrons. The summed E-state index contributed by atoms with van der Waals surface area (Å²) in [7, 11) is -9.13. The monoisotopic (exact) mass is 276 g/mol. The minimum absolute atomic E-state index is 0.0718. The normalized spacial score (nSPS) is 12.6. The number of hydrogen-bond acceptors (Lipinski definition) is 4. The summed E-state index contributed by atoms with van der Waals surface area (Å²) >= 11 is 0. The van der Waals surface area contributed by atoms with Crippen LogP contribution in [0.3, 0.4) is 0 Å². The molecule has 11 heteroatoms. The van der Waals surface area contributed by atoms with Crippen LogP contribution in [0.1, 0.15) is 6.42 Å². The predicted octanol–water partition coefficient (Wildman–Crippen LogP) is -1.57. The van der Waals surface area contributed by atoms with Crippen LogP contribution in [0.5, 0.6) is 0 Å². The van der Waals surface area contributed by atoms with Gasteiger partial charge < -0.3 is 30.2 Å². The Kier molecular flexibility index (Phi) is 5.78. The summed E-state index contributed by atoms with van der Waals surface area (Å²) in [6.07, 6.45) is -2.30. The van der Waals surface area contributed by atoms with E-state index in [9.17, 15) is 13.9 Å². The summed E-state index contributed by atoms with van der Waals surface area (Å²) in [6, 6.07) is 0. The molecule has 0 aliphatic rings. The zero-order valence-electron chi connectivity index (χ0n) is 8.26. The Labute approximate surface area is 91.6 Å². The van der Waals surface area contributed by atoms with E-state index in [4.69, 9.17) is 25.3 Å². The molecule has 0 radical (unpaired) electrons. The molecule has 0 heterocycles. The van der Waals surface area contributed by atoms with Gasteiger partial charge in [-0.25, -0.2) is 0 Å². The van der Waals surface area contributed by atoms with Crippen molar-refractivity contribution in [2.45, 2.75) is 6.42 Å². The summed E-state index contributed by atoms with van der Waals surface area (Å²) in [5.41, 5.74) is 5.06. The first-order chi connectivity index (χ1) is 7.05. The van der Waals surface area contributed by atoms with Crippen molar-refractivity contribution >= 4 is 21.1 Å². The summed E-state index contributed by atoms with van der Waals surface area (Å²) in [5.74, 6) is -0.811. The summed E-state index contributed by atoms with van der Waals surface area (Å²) in [5, 5.41) is 0. The van der Waals surface area contributed by atoms with Gasteiger partial charge in [-0.15, -0.1) is 0 Å². The predicted molar refractivity (Wildman–Crippen MR) is 54.3 cm³/mol. The molecule has 0 bridgehead atoms. The number of amides is 1. The topological polar surface area (TPSA) is 161 Å². The lowest BCUT2D eigenvalue weighted by molar-refractivity contribution is -0.129. The number of carbonyl (C=O) groups is 1. The zero-order valence-corrected chi connectivity index (χ0v) is 10.0. The van der Waals surface area contributed by atoms with E-state index < -0.39 is 33.7 Å². The standard InChI is InChI=1S/C5H14N2O7P2/c6-2-1-5(8)7(3-15(9,10)11)4-16(12,13)14/h1-4,6H2,(H2,9,10,11)(H2,12,13,14). The molecule has 0 saturated heterocycles. The quantitative estimate of drug-likeness (QED) is 0.363. The van der Waals surface area contributed by atoms with Gasteiger partial charge in [-0.05, 0) is 0 Å². The highest BCUT2D eigenvalue weighted by atomic mass is 31.2. The molecule has 9 nitrogen and oxygen atoms in total. The van der Waals surface area contributed by atoms with Crippen molar-refractivity contribution in [2.24, 2.45) is 5.73 Å². The van der Waals surface area contributed by atoms with Crippen molar-refractivity contribution in [3.8, 4) is 0 Å². The van der Waals surface area contributed by atoms with Gasteiger partial charge in [-0.3, -0.25) is 13.9 Å². The van der Waals surface area contributed by atoms with Crippen LogP contribution in [-0.2, 0) is 13.9 Å². The molecule has 0 unspecified atom stereocenters. The van der Waals surface area contributed by atoms with Crippen molar-refractivity contribution in [3.63, 3.8) is 0 Å². The number of nitrogens with zero attached hydrogens (tertiary/aromatic N) is 1. The fourth-order valence-electron chi connectivity index (χ4n) is 0.929. The third-order valence-electron chi connectivity index (χ3n) is 1.42. The molecule has 0 aromatic heterocycles. The van der Waals surface area contributed by atoms with Gasteiger partial charge in [0.15, 0.2) is 0 Å². The Morgan fingerprint density at radius 3 is 1.69 bits per heavy atom. The molecular weight excluding hydrogens is 262 g/mol. The van der Waals surface area contributed by atoms with E-state index in [0.717, 1.165) is 0 Å². The minimum atomic E-state index is -4.56. The number of carbonyl (C=O) groups excluding carboxylic acids is 1. The SMILES string of the molecule is NCCC(=O)N(CP(=O)(O)O)CP(=O)(O)O. The van der Waals surface area contributed by atoms with E-state index >= 15 is 0 Å². The molecule has 16 heavy (non-hydrogen) atoms. The lowest BCUT2D eigenvalue weighted by Crippen LogP contribution is -2.34. The molecule has 0 aliphatic heterocycles. The van der Waals surface area contributed by atoms with Gasteiger partial charge in [0.1, 0.15) is 12.6 Å². The van der Waals surface area contributed by atoms with Crippen molar-refractivity contribution in [1.82, 2.24) is 4.90 Å². The second-order valence-corrected chi connectivity index (χ2v) is 6.31. The van der Waals surface area contributed by atoms with Gasteiger partial charge in [-0.2, -0.15) is 0 Å². The van der Waals surface area contributed by atoms with Gasteiger partial charge in [0, 0.05) is 13.0 Å². The van der Waals surface area contributed by atoms with Gasteiger partial charge in [0.25, 0.3) is 0 Å². The maximum absolute atomic E-state index is 11.3.